The maximum atomic E-state index is 6.36. The van der Waals surface area contributed by atoms with Crippen molar-refractivity contribution < 1.29 is 0 Å². The summed E-state index contributed by atoms with van der Waals surface area (Å²) in [4.78, 5) is 1.08. The van der Waals surface area contributed by atoms with Crippen molar-refractivity contribution in [1.29, 1.82) is 0 Å². The van der Waals surface area contributed by atoms with Gasteiger partial charge in [-0.15, -0.1) is 0 Å². The molecule has 3 rings (SSSR count). The second-order valence-corrected chi connectivity index (χ2v) is 7.20. The molecule has 0 bridgehead atoms. The first kappa shape index (κ1) is 16.4. The Kier molecular flexibility index (Phi) is 5.00. The largest absolute Gasteiger partial charge is 0.338 e. The van der Waals surface area contributed by atoms with E-state index in [0.29, 0.717) is 0 Å². The van der Waals surface area contributed by atoms with Gasteiger partial charge in [0, 0.05) is 28.9 Å². The molecule has 3 aromatic rings. The molecular formula is C19H21ClN2S. The number of nitrogens with zero attached hydrogens (tertiary/aromatic N) is 1. The molecule has 1 unspecified atom stereocenters. The van der Waals surface area contributed by atoms with E-state index in [4.69, 9.17) is 17.3 Å². The third-order valence-electron chi connectivity index (χ3n) is 4.19. The molecule has 0 fully saturated rings. The lowest BCUT2D eigenvalue weighted by atomic mass is 10.0. The monoisotopic (exact) mass is 344 g/mol. The normalized spacial score (nSPS) is 12.7. The number of halogens is 1. The smallest absolute Gasteiger partial charge is 0.0838 e. The molecule has 0 saturated carbocycles. The van der Waals surface area contributed by atoms with Gasteiger partial charge in [0.1, 0.15) is 0 Å². The van der Waals surface area contributed by atoms with Crippen molar-refractivity contribution in [3.63, 3.8) is 0 Å². The molecule has 0 aliphatic heterocycles. The van der Waals surface area contributed by atoms with E-state index in [-0.39, 0.29) is 6.04 Å². The van der Waals surface area contributed by atoms with Crippen LogP contribution >= 0.6 is 23.4 Å². The van der Waals surface area contributed by atoms with E-state index in [1.165, 1.54) is 21.5 Å². The van der Waals surface area contributed by atoms with Crippen LogP contribution in [0.15, 0.2) is 58.5 Å². The third-order valence-corrected chi connectivity index (χ3v) is 5.92. The van der Waals surface area contributed by atoms with Crippen molar-refractivity contribution in [2.45, 2.75) is 35.7 Å². The summed E-state index contributed by atoms with van der Waals surface area (Å²) in [6.07, 6.45) is 1.85. The van der Waals surface area contributed by atoms with Gasteiger partial charge in [-0.25, -0.2) is 0 Å². The summed E-state index contributed by atoms with van der Waals surface area (Å²) in [5, 5.41) is 3.30. The molecule has 0 aliphatic rings. The fourth-order valence-electron chi connectivity index (χ4n) is 2.81. The van der Waals surface area contributed by atoms with E-state index in [9.17, 15) is 0 Å². The van der Waals surface area contributed by atoms with Crippen molar-refractivity contribution in [2.24, 2.45) is 12.8 Å². The zero-order valence-corrected chi connectivity index (χ0v) is 15.0. The average molecular weight is 345 g/mol. The van der Waals surface area contributed by atoms with Crippen LogP contribution in [0.5, 0.6) is 0 Å². The van der Waals surface area contributed by atoms with Gasteiger partial charge in [0.15, 0.2) is 0 Å². The quantitative estimate of drug-likeness (QED) is 0.684. The standard InChI is InChI=1S/C19H21ClN2S/c1-3-13(21)12-15-14-8-4-6-10-17(14)22(2)19(15)23-18-11-7-5-9-16(18)20/h4-11,13H,3,12,21H2,1-2H3. The number of hydrogen-bond acceptors (Lipinski definition) is 2. The minimum absolute atomic E-state index is 0.173. The third kappa shape index (κ3) is 3.27. The van der Waals surface area contributed by atoms with Crippen LogP contribution in [0.1, 0.15) is 18.9 Å². The Hall–Kier alpha value is -1.42. The average Bonchev–Trinajstić information content (AvgIpc) is 2.83. The number of para-hydroxylation sites is 1. The minimum Gasteiger partial charge on any atom is -0.338 e. The number of aryl methyl sites for hydroxylation is 1. The predicted molar refractivity (Wildman–Crippen MR) is 100 cm³/mol. The first-order valence-electron chi connectivity index (χ1n) is 7.86. The second-order valence-electron chi connectivity index (χ2n) is 5.76. The number of fused-ring (bicyclic) bond motifs is 1. The van der Waals surface area contributed by atoms with Crippen LogP contribution in [0.3, 0.4) is 0 Å². The van der Waals surface area contributed by atoms with Gasteiger partial charge in [0.2, 0.25) is 0 Å². The summed E-state index contributed by atoms with van der Waals surface area (Å²) < 4.78 is 2.25. The fraction of sp³-hybridized carbons (Fsp3) is 0.263. The zero-order valence-electron chi connectivity index (χ0n) is 13.4. The maximum Gasteiger partial charge on any atom is 0.0838 e. The molecular weight excluding hydrogens is 324 g/mol. The van der Waals surface area contributed by atoms with Crippen LogP contribution in [0.2, 0.25) is 5.02 Å². The molecule has 2 nitrogen and oxygen atoms in total. The van der Waals surface area contributed by atoms with Crippen molar-refractivity contribution in [3.05, 3.63) is 59.1 Å². The van der Waals surface area contributed by atoms with Crippen LogP contribution in [0.4, 0.5) is 0 Å². The number of aromatic nitrogens is 1. The molecule has 1 heterocycles. The predicted octanol–water partition coefficient (Wildman–Crippen LogP) is 5.26. The number of hydrogen-bond donors (Lipinski definition) is 1. The Morgan fingerprint density at radius 1 is 1.13 bits per heavy atom. The highest BCUT2D eigenvalue weighted by Gasteiger charge is 2.18. The highest BCUT2D eigenvalue weighted by atomic mass is 35.5. The molecule has 23 heavy (non-hydrogen) atoms. The minimum atomic E-state index is 0.173. The molecule has 2 N–H and O–H groups in total. The zero-order chi connectivity index (χ0) is 16.4. The summed E-state index contributed by atoms with van der Waals surface area (Å²) in [6, 6.07) is 16.7. The lowest BCUT2D eigenvalue weighted by Crippen LogP contribution is -2.21. The van der Waals surface area contributed by atoms with E-state index in [0.717, 1.165) is 22.8 Å². The van der Waals surface area contributed by atoms with Crippen molar-refractivity contribution in [1.82, 2.24) is 4.57 Å². The van der Waals surface area contributed by atoms with Gasteiger partial charge in [-0.2, -0.15) is 0 Å². The molecule has 120 valence electrons. The van der Waals surface area contributed by atoms with Crippen LogP contribution in [-0.4, -0.2) is 10.6 Å². The highest BCUT2D eigenvalue weighted by molar-refractivity contribution is 7.99. The van der Waals surface area contributed by atoms with Crippen LogP contribution in [-0.2, 0) is 13.5 Å². The maximum absolute atomic E-state index is 6.36. The lowest BCUT2D eigenvalue weighted by Gasteiger charge is -2.12. The van der Waals surface area contributed by atoms with Crippen LogP contribution in [0, 0.1) is 0 Å². The molecule has 2 aromatic carbocycles. The van der Waals surface area contributed by atoms with E-state index in [2.05, 4.69) is 48.9 Å². The Bertz CT molecular complexity index is 825. The van der Waals surface area contributed by atoms with Crippen LogP contribution < -0.4 is 5.73 Å². The van der Waals surface area contributed by atoms with Gasteiger partial charge >= 0.3 is 0 Å². The molecule has 1 atom stereocenters. The summed E-state index contributed by atoms with van der Waals surface area (Å²) >= 11 is 8.08. The summed E-state index contributed by atoms with van der Waals surface area (Å²) in [6.45, 7) is 2.14. The Labute approximate surface area is 146 Å². The summed E-state index contributed by atoms with van der Waals surface area (Å²) in [5.74, 6) is 0. The van der Waals surface area contributed by atoms with Gasteiger partial charge in [0.05, 0.1) is 10.0 Å². The first-order valence-corrected chi connectivity index (χ1v) is 9.05. The molecule has 4 heteroatoms. The Morgan fingerprint density at radius 2 is 1.83 bits per heavy atom. The SMILES string of the molecule is CCC(N)Cc1c(Sc2ccccc2Cl)n(C)c2ccccc12. The Balaban J connectivity index is 2.12. The molecule has 1 aromatic heterocycles. The van der Waals surface area contributed by atoms with Crippen molar-refractivity contribution in [3.8, 4) is 0 Å². The van der Waals surface area contributed by atoms with E-state index in [1.807, 2.05) is 18.2 Å². The molecule has 0 radical (unpaired) electrons. The van der Waals surface area contributed by atoms with E-state index >= 15 is 0 Å². The van der Waals surface area contributed by atoms with Gasteiger partial charge in [-0.05, 0) is 36.6 Å². The topological polar surface area (TPSA) is 30.9 Å². The lowest BCUT2D eigenvalue weighted by molar-refractivity contribution is 0.638. The molecule has 0 saturated heterocycles. The molecule has 0 amide bonds. The van der Waals surface area contributed by atoms with Crippen molar-refractivity contribution >= 4 is 34.3 Å². The second kappa shape index (κ2) is 7.00. The Morgan fingerprint density at radius 3 is 2.57 bits per heavy atom. The van der Waals surface area contributed by atoms with Gasteiger partial charge in [0.25, 0.3) is 0 Å². The number of nitrogens with two attached hydrogens (primary N) is 1. The van der Waals surface area contributed by atoms with E-state index < -0.39 is 0 Å². The van der Waals surface area contributed by atoms with Gasteiger partial charge in [-0.3, -0.25) is 0 Å². The number of benzene rings is 2. The fourth-order valence-corrected chi connectivity index (χ4v) is 4.14. The first-order chi connectivity index (χ1) is 11.1. The van der Waals surface area contributed by atoms with Gasteiger partial charge < -0.3 is 10.3 Å². The molecule has 0 spiro atoms. The van der Waals surface area contributed by atoms with Crippen molar-refractivity contribution in [2.75, 3.05) is 0 Å². The summed E-state index contributed by atoms with van der Waals surface area (Å²) in [7, 11) is 2.11. The molecule has 0 aliphatic carbocycles. The van der Waals surface area contributed by atoms with Gasteiger partial charge in [-0.1, -0.05) is 60.6 Å². The highest BCUT2D eigenvalue weighted by Crippen LogP contribution is 2.39. The summed E-state index contributed by atoms with van der Waals surface area (Å²) in [5.41, 5.74) is 8.81. The number of rotatable bonds is 5. The van der Waals surface area contributed by atoms with Crippen LogP contribution in [0.25, 0.3) is 10.9 Å². The van der Waals surface area contributed by atoms with E-state index in [1.54, 1.807) is 11.8 Å².